The number of hydrogen-bond donors (Lipinski definition) is 1. The number of amides is 1. The molecule has 0 aliphatic heterocycles. The maximum Gasteiger partial charge on any atom is 0.433 e. The average molecular weight is 554 g/mol. The Morgan fingerprint density at radius 2 is 1.79 bits per heavy atom. The molecule has 1 amide bonds. The number of anilines is 1. The van der Waals surface area contributed by atoms with Gasteiger partial charge in [0.25, 0.3) is 5.91 Å². The Hall–Kier alpha value is -3.44. The summed E-state index contributed by atoms with van der Waals surface area (Å²) in [6, 6.07) is 13.3. The van der Waals surface area contributed by atoms with E-state index in [2.05, 4.69) is 36.1 Å². The van der Waals surface area contributed by atoms with Crippen LogP contribution in [-0.4, -0.2) is 33.6 Å². The van der Waals surface area contributed by atoms with Crippen molar-refractivity contribution >= 4 is 50.7 Å². The lowest BCUT2D eigenvalue weighted by molar-refractivity contribution is -0.142. The van der Waals surface area contributed by atoms with E-state index in [1.54, 1.807) is 36.4 Å². The van der Waals surface area contributed by atoms with Crippen LogP contribution in [0.1, 0.15) is 26.5 Å². The van der Waals surface area contributed by atoms with Crippen molar-refractivity contribution in [1.29, 1.82) is 0 Å². The number of aromatic nitrogens is 3. The van der Waals surface area contributed by atoms with Gasteiger partial charge in [0.2, 0.25) is 0 Å². The number of hydrogen-bond acceptors (Lipinski definition) is 5. The number of carbonyl (C=O) groups is 2. The van der Waals surface area contributed by atoms with Gasteiger partial charge in [0.05, 0.1) is 24.1 Å². The maximum absolute atomic E-state index is 13.9. The van der Waals surface area contributed by atoms with E-state index in [-0.39, 0.29) is 27.6 Å². The molecule has 12 heteroatoms. The first kappa shape index (κ1) is 23.7. The van der Waals surface area contributed by atoms with Crippen LogP contribution in [0.5, 0.6) is 0 Å². The number of carbonyl (C=O) groups excluding carboxylic acids is 2. The van der Waals surface area contributed by atoms with Crippen molar-refractivity contribution in [3.63, 3.8) is 0 Å². The molecule has 0 bridgehead atoms. The average Bonchev–Trinajstić information content (AvgIpc) is 3.14. The lowest BCUT2D eigenvalue weighted by atomic mass is 10.1. The van der Waals surface area contributed by atoms with Gasteiger partial charge in [0.1, 0.15) is 5.02 Å². The second-order valence-corrected chi connectivity index (χ2v) is 8.21. The molecule has 4 aromatic rings. The molecule has 1 N–H and O–H groups in total. The molecule has 4 rings (SSSR count). The zero-order valence-corrected chi connectivity index (χ0v) is 19.5. The van der Waals surface area contributed by atoms with Crippen molar-refractivity contribution in [2.75, 3.05) is 12.4 Å². The molecule has 0 aliphatic carbocycles. The van der Waals surface area contributed by atoms with Gasteiger partial charge in [-0.25, -0.2) is 14.3 Å². The summed E-state index contributed by atoms with van der Waals surface area (Å²) in [4.78, 5) is 29.1. The van der Waals surface area contributed by atoms with Crippen LogP contribution in [0.25, 0.3) is 16.9 Å². The van der Waals surface area contributed by atoms with Gasteiger partial charge in [-0.15, -0.1) is 0 Å². The van der Waals surface area contributed by atoms with E-state index in [9.17, 15) is 22.8 Å². The molecule has 0 radical (unpaired) electrons. The van der Waals surface area contributed by atoms with Gasteiger partial charge in [-0.2, -0.15) is 18.3 Å². The van der Waals surface area contributed by atoms with Crippen LogP contribution in [0.4, 0.5) is 18.9 Å². The summed E-state index contributed by atoms with van der Waals surface area (Å²) in [6.45, 7) is 0. The number of methoxy groups -OCH3 is 1. The topological polar surface area (TPSA) is 85.6 Å². The second-order valence-electron chi connectivity index (χ2n) is 6.92. The first-order valence-corrected chi connectivity index (χ1v) is 10.7. The number of ether oxygens (including phenoxy) is 1. The van der Waals surface area contributed by atoms with Gasteiger partial charge in [-0.1, -0.05) is 51.8 Å². The van der Waals surface area contributed by atoms with Crippen LogP contribution in [0.2, 0.25) is 5.02 Å². The quantitative estimate of drug-likeness (QED) is 0.320. The predicted octanol–water partition coefficient (Wildman–Crippen LogP) is 5.87. The van der Waals surface area contributed by atoms with Crippen LogP contribution < -0.4 is 5.32 Å². The zero-order valence-electron chi connectivity index (χ0n) is 17.2. The highest BCUT2D eigenvalue weighted by atomic mass is 79.9. The Balaban J connectivity index is 1.83. The summed E-state index contributed by atoms with van der Waals surface area (Å²) in [5, 5.41) is 5.85. The molecule has 2 heterocycles. The molecule has 2 aromatic heterocycles. The van der Waals surface area contributed by atoms with Gasteiger partial charge >= 0.3 is 12.1 Å². The van der Waals surface area contributed by atoms with Crippen LogP contribution in [0, 0.1) is 0 Å². The minimum Gasteiger partial charge on any atom is -0.465 e. The van der Waals surface area contributed by atoms with Crippen molar-refractivity contribution in [1.82, 2.24) is 14.6 Å². The number of nitrogens with one attached hydrogen (secondary N) is 1. The van der Waals surface area contributed by atoms with Crippen molar-refractivity contribution < 1.29 is 27.5 Å². The summed E-state index contributed by atoms with van der Waals surface area (Å²) in [7, 11) is 1.17. The van der Waals surface area contributed by atoms with Crippen molar-refractivity contribution in [3.8, 4) is 11.3 Å². The smallest absolute Gasteiger partial charge is 0.433 e. The number of rotatable bonds is 4. The minimum absolute atomic E-state index is 0.00267. The largest absolute Gasteiger partial charge is 0.465 e. The summed E-state index contributed by atoms with van der Waals surface area (Å²) < 4.78 is 47.5. The number of nitrogens with zero attached hydrogens (tertiary/aromatic N) is 3. The van der Waals surface area contributed by atoms with Gasteiger partial charge < -0.3 is 10.1 Å². The van der Waals surface area contributed by atoms with Gasteiger partial charge in [-0.3, -0.25) is 4.79 Å². The molecule has 0 saturated carbocycles. The van der Waals surface area contributed by atoms with E-state index in [4.69, 9.17) is 11.6 Å². The third kappa shape index (κ3) is 4.48. The number of benzene rings is 2. The van der Waals surface area contributed by atoms with Gasteiger partial charge in [0, 0.05) is 10.0 Å². The van der Waals surface area contributed by atoms with Crippen LogP contribution in [0.3, 0.4) is 0 Å². The molecule has 0 saturated heterocycles. The molecular formula is C22H13BrClF3N4O3. The molecule has 0 spiro atoms. The van der Waals surface area contributed by atoms with Crippen molar-refractivity contribution in [3.05, 3.63) is 81.0 Å². The summed E-state index contributed by atoms with van der Waals surface area (Å²) in [5.41, 5.74) is -1.47. The number of esters is 1. The second kappa shape index (κ2) is 9.07. The lowest BCUT2D eigenvalue weighted by Crippen LogP contribution is -2.17. The zero-order chi connectivity index (χ0) is 24.6. The summed E-state index contributed by atoms with van der Waals surface area (Å²) in [6.07, 6.45) is -4.81. The van der Waals surface area contributed by atoms with Crippen molar-refractivity contribution in [2.24, 2.45) is 0 Å². The first-order chi connectivity index (χ1) is 16.1. The standard InChI is InChI=1S/C22H13BrClF3N4O3/c1-34-21(33)13-4-2-3-5-14(13)29-20(32)18-17(24)19-28-15(11-6-8-12(23)9-7-11)10-16(22(25,26)27)31(19)30-18/h2-10H,1H3,(H,29,32). The van der Waals surface area contributed by atoms with Crippen LogP contribution >= 0.6 is 27.5 Å². The molecule has 2 aromatic carbocycles. The van der Waals surface area contributed by atoms with Gasteiger partial charge in [0.15, 0.2) is 17.0 Å². The summed E-state index contributed by atoms with van der Waals surface area (Å²) >= 11 is 9.55. The van der Waals surface area contributed by atoms with Gasteiger partial charge in [-0.05, 0) is 30.3 Å². The fourth-order valence-electron chi connectivity index (χ4n) is 3.17. The first-order valence-electron chi connectivity index (χ1n) is 9.51. The minimum atomic E-state index is -4.81. The molecule has 0 fully saturated rings. The maximum atomic E-state index is 13.9. The fraction of sp³-hybridized carbons (Fsp3) is 0.0909. The predicted molar refractivity (Wildman–Crippen MR) is 122 cm³/mol. The molecule has 0 aliphatic rings. The normalized spacial score (nSPS) is 11.5. The lowest BCUT2D eigenvalue weighted by Gasteiger charge is -2.11. The Bertz CT molecular complexity index is 1420. The van der Waals surface area contributed by atoms with Crippen LogP contribution in [0.15, 0.2) is 59.1 Å². The SMILES string of the molecule is COC(=O)c1ccccc1NC(=O)c1nn2c(C(F)(F)F)cc(-c3ccc(Br)cc3)nc2c1Cl. The third-order valence-electron chi connectivity index (χ3n) is 4.76. The number of fused-ring (bicyclic) bond motifs is 1. The number of alkyl halides is 3. The molecule has 0 unspecified atom stereocenters. The van der Waals surface area contributed by atoms with E-state index in [1.807, 2.05) is 0 Å². The Morgan fingerprint density at radius 1 is 1.12 bits per heavy atom. The van der Waals surface area contributed by atoms with Crippen molar-refractivity contribution in [2.45, 2.75) is 6.18 Å². The number of halogens is 5. The van der Waals surface area contributed by atoms with E-state index in [1.165, 1.54) is 19.2 Å². The highest BCUT2D eigenvalue weighted by molar-refractivity contribution is 9.10. The highest BCUT2D eigenvalue weighted by Crippen LogP contribution is 2.35. The molecule has 34 heavy (non-hydrogen) atoms. The molecular weight excluding hydrogens is 541 g/mol. The third-order valence-corrected chi connectivity index (χ3v) is 5.64. The Kier molecular flexibility index (Phi) is 6.32. The summed E-state index contributed by atoms with van der Waals surface area (Å²) in [5.74, 6) is -1.64. The molecule has 0 atom stereocenters. The van der Waals surface area contributed by atoms with E-state index in [0.29, 0.717) is 10.1 Å². The van der Waals surface area contributed by atoms with E-state index in [0.717, 1.165) is 10.5 Å². The van der Waals surface area contributed by atoms with E-state index < -0.39 is 29.4 Å². The Morgan fingerprint density at radius 3 is 2.44 bits per heavy atom. The van der Waals surface area contributed by atoms with E-state index >= 15 is 0 Å². The fourth-order valence-corrected chi connectivity index (χ4v) is 3.68. The Labute approximate surface area is 203 Å². The highest BCUT2D eigenvalue weighted by Gasteiger charge is 2.37. The molecule has 7 nitrogen and oxygen atoms in total. The number of para-hydroxylation sites is 1. The van der Waals surface area contributed by atoms with Crippen LogP contribution in [-0.2, 0) is 10.9 Å². The monoisotopic (exact) mass is 552 g/mol. The molecule has 174 valence electrons.